The molecule has 0 aromatic heterocycles. The fourth-order valence-corrected chi connectivity index (χ4v) is 6.25. The van der Waals surface area contributed by atoms with Crippen molar-refractivity contribution in [1.82, 2.24) is 0 Å². The summed E-state index contributed by atoms with van der Waals surface area (Å²) in [5.41, 5.74) is 1.18. The van der Waals surface area contributed by atoms with E-state index < -0.39 is 11.9 Å². The summed E-state index contributed by atoms with van der Waals surface area (Å²) in [4.78, 5) is 0. The molecule has 0 radical (unpaired) electrons. The first kappa shape index (κ1) is 36.4. The van der Waals surface area contributed by atoms with Crippen LogP contribution in [0, 0.1) is 0 Å². The quantitative estimate of drug-likeness (QED) is 0.103. The van der Waals surface area contributed by atoms with Gasteiger partial charge in [-0.05, 0) is 132 Å². The van der Waals surface area contributed by atoms with Gasteiger partial charge < -0.3 is 28.4 Å². The molecule has 8 aromatic rings. The van der Waals surface area contributed by atoms with Crippen molar-refractivity contribution in [2.75, 3.05) is 0 Å². The molecule has 0 aliphatic heterocycles. The smallest absolute Gasteiger partial charge is 0.417 e. The number of rotatable bonds is 14. The summed E-state index contributed by atoms with van der Waals surface area (Å²) in [6, 6.07) is 63.4. The molecule has 0 spiro atoms. The normalized spacial score (nSPS) is 11.4. The van der Waals surface area contributed by atoms with Crippen LogP contribution in [-0.4, -0.2) is 0 Å². The molecule has 0 heterocycles. The molecule has 56 heavy (non-hydrogen) atoms. The molecule has 8 aromatic carbocycles. The molecule has 0 bridgehead atoms. The molecule has 8 heteroatoms. The van der Waals surface area contributed by atoms with Gasteiger partial charge in [-0.25, -0.2) is 0 Å². The summed E-state index contributed by atoms with van der Waals surface area (Å²) in [5.74, 6) is -0.452. The maximum Gasteiger partial charge on any atom is 0.447 e. The first-order valence-corrected chi connectivity index (χ1v) is 18.6. The van der Waals surface area contributed by atoms with Crippen molar-refractivity contribution in [2.24, 2.45) is 0 Å². The second-order valence-electron chi connectivity index (χ2n) is 12.7. The van der Waals surface area contributed by atoms with E-state index in [4.69, 9.17) is 51.6 Å². The van der Waals surface area contributed by atoms with Gasteiger partial charge in [-0.15, -0.1) is 0 Å². The Kier molecular flexibility index (Phi) is 10.7. The Morgan fingerprint density at radius 1 is 0.268 bits per heavy atom. The molecule has 0 amide bonds. The van der Waals surface area contributed by atoms with Crippen molar-refractivity contribution < 1.29 is 28.4 Å². The largest absolute Gasteiger partial charge is 0.447 e. The highest BCUT2D eigenvalue weighted by Gasteiger charge is 2.44. The lowest BCUT2D eigenvalue weighted by Crippen LogP contribution is -2.45. The Labute approximate surface area is 334 Å². The van der Waals surface area contributed by atoms with Crippen molar-refractivity contribution in [1.29, 1.82) is 0 Å². The Bertz CT molecular complexity index is 2220. The van der Waals surface area contributed by atoms with E-state index in [0.29, 0.717) is 55.7 Å². The minimum absolute atomic E-state index is 0.483. The third-order valence-electron chi connectivity index (χ3n) is 8.66. The fraction of sp³-hybridized carbons (Fsp3) is 0.0417. The molecule has 0 aliphatic rings. The van der Waals surface area contributed by atoms with Gasteiger partial charge in [0.15, 0.2) is 0 Å². The Morgan fingerprint density at radius 2 is 0.518 bits per heavy atom. The molecule has 0 fully saturated rings. The Balaban J connectivity index is 1.27. The number of ether oxygens (including phenoxy) is 6. The van der Waals surface area contributed by atoms with Crippen LogP contribution in [0.5, 0.6) is 34.5 Å². The topological polar surface area (TPSA) is 55.4 Å². The molecule has 0 saturated carbocycles. The molecular formula is C48H34Cl2O6. The van der Waals surface area contributed by atoms with Gasteiger partial charge in [-0.3, -0.25) is 0 Å². The summed E-state index contributed by atoms with van der Waals surface area (Å²) in [6.45, 7) is 0. The van der Waals surface area contributed by atoms with E-state index in [1.807, 2.05) is 158 Å². The molecule has 6 nitrogen and oxygen atoms in total. The van der Waals surface area contributed by atoms with E-state index in [0.717, 1.165) is 10.8 Å². The number of hydrogen-bond acceptors (Lipinski definition) is 6. The number of hydrogen-bond donors (Lipinski definition) is 0. The van der Waals surface area contributed by atoms with Gasteiger partial charge in [0.1, 0.15) is 34.5 Å². The average molecular weight is 778 g/mol. The van der Waals surface area contributed by atoms with Crippen LogP contribution in [0.1, 0.15) is 11.1 Å². The van der Waals surface area contributed by atoms with Crippen molar-refractivity contribution in [3.8, 4) is 34.5 Å². The zero-order valence-electron chi connectivity index (χ0n) is 29.8. The summed E-state index contributed by atoms with van der Waals surface area (Å²) >= 11 is 12.5. The summed E-state index contributed by atoms with van der Waals surface area (Å²) in [7, 11) is 0. The van der Waals surface area contributed by atoms with Gasteiger partial charge in [-0.1, -0.05) is 108 Å². The van der Waals surface area contributed by atoms with E-state index in [9.17, 15) is 0 Å². The first-order chi connectivity index (χ1) is 27.4. The molecule has 0 unspecified atom stereocenters. The van der Waals surface area contributed by atoms with E-state index >= 15 is 0 Å². The highest BCUT2D eigenvalue weighted by Crippen LogP contribution is 2.39. The van der Waals surface area contributed by atoms with Crippen LogP contribution < -0.4 is 28.4 Å². The van der Waals surface area contributed by atoms with Gasteiger partial charge in [0.25, 0.3) is 0 Å². The molecule has 0 N–H and O–H groups in total. The first-order valence-electron chi connectivity index (χ1n) is 17.8. The minimum atomic E-state index is -1.78. The van der Waals surface area contributed by atoms with Crippen molar-refractivity contribution in [2.45, 2.75) is 11.9 Å². The van der Waals surface area contributed by atoms with Crippen LogP contribution in [0.3, 0.4) is 0 Å². The lowest BCUT2D eigenvalue weighted by atomic mass is 10.0. The Morgan fingerprint density at radius 3 is 0.786 bits per heavy atom. The number of fused-ring (bicyclic) bond motifs is 1. The van der Waals surface area contributed by atoms with E-state index in [2.05, 4.69) is 0 Å². The number of benzene rings is 8. The lowest BCUT2D eigenvalue weighted by Gasteiger charge is -2.35. The van der Waals surface area contributed by atoms with Crippen LogP contribution in [0.2, 0.25) is 10.0 Å². The number of para-hydroxylation sites is 4. The SMILES string of the molecule is Clc1ccc(OC(Oc2ccccc2)(Oc2ccccc2)c2ccc3cc(C(Oc4ccccc4)(Oc4ccccc4)Oc4ccc(Cl)cc4)ccc3c2)cc1. The maximum absolute atomic E-state index is 6.71. The highest BCUT2D eigenvalue weighted by atomic mass is 35.5. The number of halogens is 2. The van der Waals surface area contributed by atoms with Crippen LogP contribution in [0.25, 0.3) is 10.8 Å². The summed E-state index contributed by atoms with van der Waals surface area (Å²) in [5, 5.41) is 2.84. The van der Waals surface area contributed by atoms with Crippen LogP contribution in [0.4, 0.5) is 0 Å². The molecular weight excluding hydrogens is 743 g/mol. The van der Waals surface area contributed by atoms with Gasteiger partial charge in [-0.2, -0.15) is 0 Å². The van der Waals surface area contributed by atoms with Gasteiger partial charge in [0.05, 0.1) is 11.1 Å². The zero-order valence-corrected chi connectivity index (χ0v) is 31.3. The van der Waals surface area contributed by atoms with E-state index in [1.165, 1.54) is 0 Å². The molecule has 0 saturated heterocycles. The van der Waals surface area contributed by atoms with E-state index in [-0.39, 0.29) is 0 Å². The molecule has 276 valence electrons. The molecule has 0 atom stereocenters. The maximum atomic E-state index is 6.71. The third-order valence-corrected chi connectivity index (χ3v) is 9.16. The van der Waals surface area contributed by atoms with Crippen molar-refractivity contribution in [3.63, 3.8) is 0 Å². The molecule has 0 aliphatic carbocycles. The predicted octanol–water partition coefficient (Wildman–Crippen LogP) is 12.8. The van der Waals surface area contributed by atoms with Crippen molar-refractivity contribution >= 4 is 34.0 Å². The van der Waals surface area contributed by atoms with Crippen LogP contribution in [-0.2, 0) is 11.9 Å². The standard InChI is InChI=1S/C48H34Cl2O6/c49-39-25-29-45(30-26-39)55-47(51-41-13-5-1-6-14-41,52-42-15-7-2-8-16-42)37-23-21-36-34-38(24-22-35(36)33-37)48(53-43-17-9-3-10-18-43,54-44-19-11-4-12-20-44)56-46-31-27-40(50)28-32-46/h1-34H. The second-order valence-corrected chi connectivity index (χ2v) is 13.5. The van der Waals surface area contributed by atoms with Crippen molar-refractivity contribution in [3.05, 3.63) is 227 Å². The van der Waals surface area contributed by atoms with Gasteiger partial charge in [0, 0.05) is 10.0 Å². The fourth-order valence-electron chi connectivity index (χ4n) is 6.00. The Hall–Kier alpha value is -6.60. The van der Waals surface area contributed by atoms with Crippen LogP contribution in [0.15, 0.2) is 206 Å². The zero-order chi connectivity index (χ0) is 38.2. The van der Waals surface area contributed by atoms with Gasteiger partial charge in [0.2, 0.25) is 0 Å². The second kappa shape index (κ2) is 16.4. The monoisotopic (exact) mass is 776 g/mol. The highest BCUT2D eigenvalue weighted by molar-refractivity contribution is 6.30. The summed E-state index contributed by atoms with van der Waals surface area (Å²) in [6.07, 6.45) is 0. The third kappa shape index (κ3) is 8.53. The van der Waals surface area contributed by atoms with Crippen LogP contribution >= 0.6 is 23.2 Å². The minimum Gasteiger partial charge on any atom is -0.417 e. The lowest BCUT2D eigenvalue weighted by molar-refractivity contribution is -0.264. The van der Waals surface area contributed by atoms with Gasteiger partial charge >= 0.3 is 11.9 Å². The average Bonchev–Trinajstić information content (AvgIpc) is 3.23. The van der Waals surface area contributed by atoms with E-state index in [1.54, 1.807) is 48.5 Å². The molecule has 8 rings (SSSR count). The predicted molar refractivity (Wildman–Crippen MR) is 220 cm³/mol. The summed E-state index contributed by atoms with van der Waals surface area (Å²) < 4.78 is 40.3.